The van der Waals surface area contributed by atoms with Crippen molar-refractivity contribution < 1.29 is 9.13 Å². The van der Waals surface area contributed by atoms with Crippen LogP contribution in [0.25, 0.3) is 0 Å². The van der Waals surface area contributed by atoms with E-state index in [2.05, 4.69) is 26.3 Å². The smallest absolute Gasteiger partial charge is 0.146 e. The van der Waals surface area contributed by atoms with E-state index in [-0.39, 0.29) is 11.6 Å². The van der Waals surface area contributed by atoms with E-state index >= 15 is 0 Å². The van der Waals surface area contributed by atoms with Gasteiger partial charge in [-0.3, -0.25) is 0 Å². The summed E-state index contributed by atoms with van der Waals surface area (Å²) in [6, 6.07) is 6.23. The highest BCUT2D eigenvalue weighted by Crippen LogP contribution is 2.31. The van der Waals surface area contributed by atoms with E-state index in [1.165, 1.54) is 12.1 Å². The Balaban J connectivity index is 2.17. The number of anilines is 1. The Morgan fingerprint density at radius 2 is 2.26 bits per heavy atom. The molecule has 0 saturated carbocycles. The molecule has 2 aromatic rings. The van der Waals surface area contributed by atoms with E-state index in [4.69, 9.17) is 22.2 Å². The van der Waals surface area contributed by atoms with Crippen molar-refractivity contribution >= 4 is 33.3 Å². The lowest BCUT2D eigenvalue weighted by molar-refractivity contribution is 0.303. The summed E-state index contributed by atoms with van der Waals surface area (Å²) in [7, 11) is 0. The summed E-state index contributed by atoms with van der Waals surface area (Å²) in [5, 5.41) is 0.0323. The Hall–Kier alpha value is -1.37. The van der Waals surface area contributed by atoms with Crippen LogP contribution in [0.15, 0.2) is 34.9 Å². The first-order chi connectivity index (χ1) is 9.11. The molecule has 1 aromatic carbocycles. The standard InChI is InChI=1S/C12H10BrClFN3O/c13-8-4-9(14)10(15)5-11(8)19-6-7-2-1-3-17-12(7)18-16/h1-5H,6,16H2,(H,17,18). The molecule has 0 aliphatic heterocycles. The molecule has 0 spiro atoms. The largest absolute Gasteiger partial charge is 0.487 e. The average molecular weight is 347 g/mol. The topological polar surface area (TPSA) is 60.2 Å². The molecule has 1 heterocycles. The van der Waals surface area contributed by atoms with Gasteiger partial charge >= 0.3 is 0 Å². The molecule has 0 saturated heterocycles. The van der Waals surface area contributed by atoms with Gasteiger partial charge in [0.2, 0.25) is 0 Å². The van der Waals surface area contributed by atoms with Crippen LogP contribution in [0.3, 0.4) is 0 Å². The van der Waals surface area contributed by atoms with Crippen molar-refractivity contribution in [2.24, 2.45) is 5.84 Å². The Morgan fingerprint density at radius 1 is 1.47 bits per heavy atom. The van der Waals surface area contributed by atoms with Gasteiger partial charge in [-0.2, -0.15) is 0 Å². The van der Waals surface area contributed by atoms with Crippen LogP contribution in [0.2, 0.25) is 5.02 Å². The second-order valence-corrected chi connectivity index (χ2v) is 4.90. The second kappa shape index (κ2) is 6.18. The summed E-state index contributed by atoms with van der Waals surface area (Å²) >= 11 is 8.91. The Labute approximate surface area is 122 Å². The van der Waals surface area contributed by atoms with Gasteiger partial charge < -0.3 is 10.2 Å². The lowest BCUT2D eigenvalue weighted by Crippen LogP contribution is -2.12. The van der Waals surface area contributed by atoms with E-state index in [0.29, 0.717) is 16.0 Å². The highest BCUT2D eigenvalue weighted by molar-refractivity contribution is 9.10. The van der Waals surface area contributed by atoms with Crippen LogP contribution in [0.1, 0.15) is 5.56 Å². The van der Waals surface area contributed by atoms with Gasteiger partial charge in [-0.05, 0) is 28.1 Å². The Bertz CT molecular complexity index is 597. The molecule has 19 heavy (non-hydrogen) atoms. The van der Waals surface area contributed by atoms with E-state index in [0.717, 1.165) is 5.56 Å². The minimum absolute atomic E-state index is 0.0323. The van der Waals surface area contributed by atoms with Crippen molar-refractivity contribution in [1.82, 2.24) is 4.98 Å². The fraction of sp³-hybridized carbons (Fsp3) is 0.0833. The van der Waals surface area contributed by atoms with Gasteiger partial charge in [0.15, 0.2) is 0 Å². The highest BCUT2D eigenvalue weighted by Gasteiger charge is 2.09. The molecule has 0 unspecified atom stereocenters. The molecule has 0 fully saturated rings. The number of nitrogens with zero attached hydrogens (tertiary/aromatic N) is 1. The van der Waals surface area contributed by atoms with Crippen LogP contribution in [-0.2, 0) is 6.61 Å². The van der Waals surface area contributed by atoms with Gasteiger partial charge in [-0.1, -0.05) is 17.7 Å². The summed E-state index contributed by atoms with van der Waals surface area (Å²) in [5.74, 6) is 5.66. The van der Waals surface area contributed by atoms with Crippen LogP contribution >= 0.6 is 27.5 Å². The molecular formula is C12H10BrClFN3O. The predicted octanol–water partition coefficient (Wildman–Crippen LogP) is 3.50. The van der Waals surface area contributed by atoms with Crippen LogP contribution in [0.5, 0.6) is 5.75 Å². The first-order valence-electron chi connectivity index (χ1n) is 5.29. The van der Waals surface area contributed by atoms with Crippen LogP contribution in [0, 0.1) is 5.82 Å². The number of pyridine rings is 1. The molecule has 3 N–H and O–H groups in total. The molecular weight excluding hydrogens is 337 g/mol. The second-order valence-electron chi connectivity index (χ2n) is 3.64. The molecule has 0 aliphatic carbocycles. The van der Waals surface area contributed by atoms with Gasteiger partial charge in [0.1, 0.15) is 24.0 Å². The molecule has 4 nitrogen and oxygen atoms in total. The quantitative estimate of drug-likeness (QED) is 0.505. The third kappa shape index (κ3) is 3.34. The van der Waals surface area contributed by atoms with Gasteiger partial charge in [-0.25, -0.2) is 15.2 Å². The fourth-order valence-corrected chi connectivity index (χ4v) is 2.21. The summed E-state index contributed by atoms with van der Waals surface area (Å²) in [6.45, 7) is 0.201. The fourth-order valence-electron chi connectivity index (χ4n) is 1.46. The monoisotopic (exact) mass is 345 g/mol. The maximum absolute atomic E-state index is 13.4. The van der Waals surface area contributed by atoms with Crippen molar-refractivity contribution in [3.8, 4) is 5.75 Å². The van der Waals surface area contributed by atoms with Gasteiger partial charge in [-0.15, -0.1) is 0 Å². The molecule has 0 aliphatic rings. The number of nitrogen functional groups attached to an aromatic ring is 1. The van der Waals surface area contributed by atoms with Crippen molar-refractivity contribution in [3.05, 3.63) is 51.3 Å². The van der Waals surface area contributed by atoms with Gasteiger partial charge in [0, 0.05) is 17.8 Å². The lowest BCUT2D eigenvalue weighted by Gasteiger charge is -2.11. The number of hydrogen-bond acceptors (Lipinski definition) is 4. The van der Waals surface area contributed by atoms with Crippen LogP contribution < -0.4 is 16.0 Å². The molecule has 0 bridgehead atoms. The highest BCUT2D eigenvalue weighted by atomic mass is 79.9. The number of hydrazine groups is 1. The zero-order chi connectivity index (χ0) is 13.8. The van der Waals surface area contributed by atoms with Crippen molar-refractivity contribution in [1.29, 1.82) is 0 Å². The summed E-state index contributed by atoms with van der Waals surface area (Å²) in [4.78, 5) is 4.04. The first kappa shape index (κ1) is 14.0. The summed E-state index contributed by atoms with van der Waals surface area (Å²) in [5.41, 5.74) is 3.23. The average Bonchev–Trinajstić information content (AvgIpc) is 2.41. The molecule has 0 radical (unpaired) electrons. The predicted molar refractivity (Wildman–Crippen MR) is 75.5 cm³/mol. The zero-order valence-corrected chi connectivity index (χ0v) is 12.0. The van der Waals surface area contributed by atoms with Gasteiger partial charge in [0.05, 0.1) is 9.50 Å². The summed E-state index contributed by atoms with van der Waals surface area (Å²) in [6.07, 6.45) is 1.61. The Kier molecular flexibility index (Phi) is 4.57. The SMILES string of the molecule is NNc1ncccc1COc1cc(F)c(Cl)cc1Br. The maximum Gasteiger partial charge on any atom is 0.146 e. The number of aromatic nitrogens is 1. The van der Waals surface area contributed by atoms with E-state index < -0.39 is 5.82 Å². The number of nitrogens with two attached hydrogens (primary N) is 1. The Morgan fingerprint density at radius 3 is 3.00 bits per heavy atom. The van der Waals surface area contributed by atoms with E-state index in [1.807, 2.05) is 6.07 Å². The number of nitrogens with one attached hydrogen (secondary N) is 1. The number of benzene rings is 1. The van der Waals surface area contributed by atoms with Crippen molar-refractivity contribution in [3.63, 3.8) is 0 Å². The van der Waals surface area contributed by atoms with Crippen LogP contribution in [0.4, 0.5) is 10.2 Å². The van der Waals surface area contributed by atoms with Crippen molar-refractivity contribution in [2.75, 3.05) is 5.43 Å². The van der Waals surface area contributed by atoms with Crippen molar-refractivity contribution in [2.45, 2.75) is 6.61 Å². The molecule has 100 valence electrons. The molecule has 2 rings (SSSR count). The molecule has 1 aromatic heterocycles. The summed E-state index contributed by atoms with van der Waals surface area (Å²) < 4.78 is 19.4. The van der Waals surface area contributed by atoms with E-state index in [1.54, 1.807) is 12.3 Å². The normalized spacial score (nSPS) is 10.3. The number of hydrogen-bond donors (Lipinski definition) is 2. The minimum atomic E-state index is -0.539. The van der Waals surface area contributed by atoms with E-state index in [9.17, 15) is 4.39 Å². The third-order valence-corrected chi connectivity index (χ3v) is 3.30. The third-order valence-electron chi connectivity index (χ3n) is 2.39. The zero-order valence-electron chi connectivity index (χ0n) is 9.66. The number of halogens is 3. The number of rotatable bonds is 4. The van der Waals surface area contributed by atoms with Gasteiger partial charge in [0.25, 0.3) is 0 Å². The molecule has 0 atom stereocenters. The minimum Gasteiger partial charge on any atom is -0.487 e. The first-order valence-corrected chi connectivity index (χ1v) is 6.46. The molecule has 0 amide bonds. The molecule has 7 heteroatoms. The lowest BCUT2D eigenvalue weighted by atomic mass is 10.2. The maximum atomic E-state index is 13.4. The number of ether oxygens (including phenoxy) is 1. The van der Waals surface area contributed by atoms with Crippen LogP contribution in [-0.4, -0.2) is 4.98 Å².